The number of piperidine rings is 1. The second-order valence-electron chi connectivity index (χ2n) is 5.74. The summed E-state index contributed by atoms with van der Waals surface area (Å²) in [6.07, 6.45) is 1.30. The fourth-order valence-electron chi connectivity index (χ4n) is 2.69. The fourth-order valence-corrected chi connectivity index (χ4v) is 2.69. The summed E-state index contributed by atoms with van der Waals surface area (Å²) < 4.78 is 4.98. The van der Waals surface area contributed by atoms with Crippen LogP contribution in [0.1, 0.15) is 26.7 Å². The molecule has 2 unspecified atom stereocenters. The van der Waals surface area contributed by atoms with E-state index in [-0.39, 0.29) is 24.1 Å². The number of amides is 2. The van der Waals surface area contributed by atoms with Gasteiger partial charge in [0.1, 0.15) is 0 Å². The summed E-state index contributed by atoms with van der Waals surface area (Å²) in [6.45, 7) is 7.03. The van der Waals surface area contributed by atoms with Crippen LogP contribution in [-0.4, -0.2) is 67.8 Å². The second-order valence-corrected chi connectivity index (χ2v) is 5.74. The number of nitrogens with zero attached hydrogens (tertiary/aromatic N) is 1. The van der Waals surface area contributed by atoms with Crippen molar-refractivity contribution in [1.29, 1.82) is 0 Å². The molecule has 2 aliphatic rings. The van der Waals surface area contributed by atoms with Gasteiger partial charge in [0.2, 0.25) is 5.91 Å². The van der Waals surface area contributed by atoms with E-state index in [1.165, 1.54) is 0 Å². The Labute approximate surface area is 125 Å². The summed E-state index contributed by atoms with van der Waals surface area (Å²) in [6, 6.07) is 0.385. The number of hydrogen-bond donors (Lipinski definition) is 3. The average molecular weight is 298 g/mol. The quantitative estimate of drug-likeness (QED) is 0.665. The van der Waals surface area contributed by atoms with E-state index >= 15 is 0 Å². The Morgan fingerprint density at radius 2 is 1.95 bits per heavy atom. The zero-order chi connectivity index (χ0) is 15.2. The van der Waals surface area contributed by atoms with Crippen molar-refractivity contribution in [1.82, 2.24) is 20.9 Å². The normalized spacial score (nSPS) is 27.2. The third-order valence-electron chi connectivity index (χ3n) is 4.02. The van der Waals surface area contributed by atoms with Gasteiger partial charge in [0.15, 0.2) is 0 Å². The maximum atomic E-state index is 12.2. The molecule has 21 heavy (non-hydrogen) atoms. The zero-order valence-electron chi connectivity index (χ0n) is 12.9. The first-order chi connectivity index (χ1) is 10.1. The fraction of sp³-hybridized carbons (Fsp3) is 0.857. The van der Waals surface area contributed by atoms with E-state index in [9.17, 15) is 9.59 Å². The number of piperazine rings is 1. The summed E-state index contributed by atoms with van der Waals surface area (Å²) in [5.41, 5.74) is 0. The number of rotatable bonds is 3. The van der Waals surface area contributed by atoms with Crippen molar-refractivity contribution < 1.29 is 14.3 Å². The average Bonchev–Trinajstić information content (AvgIpc) is 2.49. The molecule has 2 amide bonds. The number of ether oxygens (including phenoxy) is 1. The van der Waals surface area contributed by atoms with Crippen LogP contribution in [0.5, 0.6) is 0 Å². The van der Waals surface area contributed by atoms with E-state index in [0.717, 1.165) is 19.4 Å². The smallest absolute Gasteiger partial charge is 0.409 e. The first-order valence-corrected chi connectivity index (χ1v) is 7.79. The van der Waals surface area contributed by atoms with Crippen LogP contribution in [0.15, 0.2) is 0 Å². The highest BCUT2D eigenvalue weighted by atomic mass is 16.6. The SMILES string of the molecule is CCOC(=O)N1CCC(NC(=O)C2CNC(C)CN2)CC1. The van der Waals surface area contributed by atoms with Gasteiger partial charge in [0.25, 0.3) is 0 Å². The van der Waals surface area contributed by atoms with E-state index in [2.05, 4.69) is 22.9 Å². The highest BCUT2D eigenvalue weighted by molar-refractivity contribution is 5.82. The van der Waals surface area contributed by atoms with Gasteiger partial charge >= 0.3 is 6.09 Å². The molecule has 2 fully saturated rings. The lowest BCUT2D eigenvalue weighted by Gasteiger charge is -2.34. The molecule has 2 atom stereocenters. The lowest BCUT2D eigenvalue weighted by atomic mass is 10.0. The predicted octanol–water partition coefficient (Wildman–Crippen LogP) is -0.327. The maximum Gasteiger partial charge on any atom is 0.409 e. The molecule has 2 aliphatic heterocycles. The molecule has 2 saturated heterocycles. The monoisotopic (exact) mass is 298 g/mol. The van der Waals surface area contributed by atoms with Gasteiger partial charge in [-0.05, 0) is 26.7 Å². The Kier molecular flexibility index (Phi) is 5.81. The van der Waals surface area contributed by atoms with Crippen molar-refractivity contribution in [2.75, 3.05) is 32.8 Å². The van der Waals surface area contributed by atoms with Crippen molar-refractivity contribution in [2.45, 2.75) is 44.8 Å². The van der Waals surface area contributed by atoms with E-state index in [0.29, 0.717) is 32.3 Å². The van der Waals surface area contributed by atoms with Crippen molar-refractivity contribution in [3.05, 3.63) is 0 Å². The molecule has 7 heteroatoms. The molecular weight excluding hydrogens is 272 g/mol. The first kappa shape index (κ1) is 16.0. The van der Waals surface area contributed by atoms with Crippen LogP contribution in [0.2, 0.25) is 0 Å². The summed E-state index contributed by atoms with van der Waals surface area (Å²) in [4.78, 5) is 25.5. The van der Waals surface area contributed by atoms with Crippen LogP contribution in [0.4, 0.5) is 4.79 Å². The van der Waals surface area contributed by atoms with E-state index in [1.54, 1.807) is 11.8 Å². The minimum Gasteiger partial charge on any atom is -0.450 e. The zero-order valence-corrected chi connectivity index (χ0v) is 12.9. The third-order valence-corrected chi connectivity index (χ3v) is 4.02. The second kappa shape index (κ2) is 7.61. The maximum absolute atomic E-state index is 12.2. The third kappa shape index (κ3) is 4.57. The van der Waals surface area contributed by atoms with Crippen LogP contribution < -0.4 is 16.0 Å². The number of likely N-dealkylation sites (tertiary alicyclic amines) is 1. The van der Waals surface area contributed by atoms with Crippen molar-refractivity contribution in [3.63, 3.8) is 0 Å². The molecule has 0 aromatic heterocycles. The molecule has 0 radical (unpaired) electrons. The van der Waals surface area contributed by atoms with E-state index < -0.39 is 0 Å². The standard InChI is InChI=1S/C14H26N4O3/c1-3-21-14(20)18-6-4-11(5-7-18)17-13(19)12-9-15-10(2)8-16-12/h10-12,15-16H,3-9H2,1-2H3,(H,17,19). The van der Waals surface area contributed by atoms with Crippen molar-refractivity contribution >= 4 is 12.0 Å². The van der Waals surface area contributed by atoms with Crippen LogP contribution >= 0.6 is 0 Å². The van der Waals surface area contributed by atoms with Crippen molar-refractivity contribution in [2.24, 2.45) is 0 Å². The Morgan fingerprint density at radius 1 is 1.24 bits per heavy atom. The van der Waals surface area contributed by atoms with Gasteiger partial charge in [-0.1, -0.05) is 0 Å². The Hall–Kier alpha value is -1.34. The molecule has 0 aliphatic carbocycles. The minimum absolute atomic E-state index is 0.0454. The van der Waals surface area contributed by atoms with Gasteiger partial charge in [-0.3, -0.25) is 4.79 Å². The number of carbonyl (C=O) groups excluding carboxylic acids is 2. The van der Waals surface area contributed by atoms with Crippen molar-refractivity contribution in [3.8, 4) is 0 Å². The molecule has 3 N–H and O–H groups in total. The van der Waals surface area contributed by atoms with Gasteiger partial charge in [-0.25, -0.2) is 4.79 Å². The number of hydrogen-bond acceptors (Lipinski definition) is 5. The molecule has 0 saturated carbocycles. The number of carbonyl (C=O) groups is 2. The molecule has 7 nitrogen and oxygen atoms in total. The van der Waals surface area contributed by atoms with Gasteiger partial charge in [-0.2, -0.15) is 0 Å². The van der Waals surface area contributed by atoms with Crippen LogP contribution in [0.25, 0.3) is 0 Å². The summed E-state index contributed by atoms with van der Waals surface area (Å²) in [7, 11) is 0. The molecule has 0 bridgehead atoms. The topological polar surface area (TPSA) is 82.7 Å². The summed E-state index contributed by atoms with van der Waals surface area (Å²) in [5, 5.41) is 9.61. The minimum atomic E-state index is -0.255. The molecule has 2 heterocycles. The lowest BCUT2D eigenvalue weighted by molar-refractivity contribution is -0.124. The molecular formula is C14H26N4O3. The molecule has 2 rings (SSSR count). The van der Waals surface area contributed by atoms with Crippen LogP contribution in [-0.2, 0) is 9.53 Å². The van der Waals surface area contributed by atoms with Gasteiger partial charge in [0, 0.05) is 38.3 Å². The molecule has 0 spiro atoms. The predicted molar refractivity (Wildman–Crippen MR) is 79.0 cm³/mol. The van der Waals surface area contributed by atoms with Crippen LogP contribution in [0.3, 0.4) is 0 Å². The van der Waals surface area contributed by atoms with Crippen LogP contribution in [0, 0.1) is 0 Å². The van der Waals surface area contributed by atoms with Gasteiger partial charge in [0.05, 0.1) is 12.6 Å². The highest BCUT2D eigenvalue weighted by Gasteiger charge is 2.28. The Morgan fingerprint density at radius 3 is 2.52 bits per heavy atom. The molecule has 120 valence electrons. The van der Waals surface area contributed by atoms with E-state index in [1.807, 2.05) is 0 Å². The number of nitrogens with one attached hydrogen (secondary N) is 3. The Bertz CT molecular complexity index is 361. The van der Waals surface area contributed by atoms with Gasteiger partial charge in [-0.15, -0.1) is 0 Å². The highest BCUT2D eigenvalue weighted by Crippen LogP contribution is 2.11. The summed E-state index contributed by atoms with van der Waals surface area (Å²) >= 11 is 0. The molecule has 0 aromatic carbocycles. The Balaban J connectivity index is 1.70. The lowest BCUT2D eigenvalue weighted by Crippen LogP contribution is -2.60. The van der Waals surface area contributed by atoms with Gasteiger partial charge < -0.3 is 25.6 Å². The molecule has 0 aromatic rings. The summed E-state index contributed by atoms with van der Waals surface area (Å²) in [5.74, 6) is 0.0454. The first-order valence-electron chi connectivity index (χ1n) is 7.79. The van der Waals surface area contributed by atoms with E-state index in [4.69, 9.17) is 4.74 Å². The largest absolute Gasteiger partial charge is 0.450 e.